The van der Waals surface area contributed by atoms with Crippen LogP contribution in [0.25, 0.3) is 0 Å². The van der Waals surface area contributed by atoms with Crippen molar-refractivity contribution < 1.29 is 14.3 Å². The minimum atomic E-state index is -0.711. The Morgan fingerprint density at radius 1 is 1.61 bits per heavy atom. The zero-order valence-electron chi connectivity index (χ0n) is 10.1. The molecule has 1 aromatic heterocycles. The van der Waals surface area contributed by atoms with Crippen LogP contribution in [0.5, 0.6) is 5.88 Å². The predicted octanol–water partition coefficient (Wildman–Crippen LogP) is 0.900. The summed E-state index contributed by atoms with van der Waals surface area (Å²) in [6, 6.07) is -0.378. The highest BCUT2D eigenvalue weighted by Gasteiger charge is 2.21. The molecule has 0 bridgehead atoms. The molecule has 0 radical (unpaired) electrons. The fraction of sp³-hybridized carbons (Fsp3) is 0.300. The molecule has 0 atom stereocenters. The maximum atomic E-state index is 11.5. The molecule has 0 aliphatic carbocycles. The monoisotopic (exact) mass is 270 g/mol. The molecule has 1 aromatic rings. The van der Waals surface area contributed by atoms with E-state index in [1.165, 1.54) is 11.0 Å². The van der Waals surface area contributed by atoms with E-state index in [1.54, 1.807) is 14.1 Å². The molecule has 0 aliphatic rings. The molecule has 18 heavy (non-hydrogen) atoms. The number of hydrogen-bond acceptors (Lipinski definition) is 5. The summed E-state index contributed by atoms with van der Waals surface area (Å²) in [7, 11) is 3.16. The van der Waals surface area contributed by atoms with Crippen LogP contribution < -0.4 is 15.8 Å². The summed E-state index contributed by atoms with van der Waals surface area (Å²) in [5, 5.41) is 2.79. The van der Waals surface area contributed by atoms with Gasteiger partial charge in [-0.1, -0.05) is 12.7 Å². The molecule has 0 fully saturated rings. The summed E-state index contributed by atoms with van der Waals surface area (Å²) in [5.74, 6) is -0.613. The van der Waals surface area contributed by atoms with E-state index in [9.17, 15) is 9.59 Å². The van der Waals surface area contributed by atoms with Crippen LogP contribution in [0.2, 0.25) is 0 Å². The average Bonchev–Trinajstić information content (AvgIpc) is 2.69. The predicted molar refractivity (Wildman–Crippen MR) is 69.0 cm³/mol. The first kappa shape index (κ1) is 14.0. The Bertz CT molecular complexity index is 470. The van der Waals surface area contributed by atoms with Crippen LogP contribution in [-0.2, 0) is 0 Å². The van der Waals surface area contributed by atoms with E-state index < -0.39 is 5.91 Å². The lowest BCUT2D eigenvalue weighted by Gasteiger charge is -2.10. The second-order valence-electron chi connectivity index (χ2n) is 3.48. The van der Waals surface area contributed by atoms with Gasteiger partial charge in [-0.15, -0.1) is 0 Å². The van der Waals surface area contributed by atoms with Crippen molar-refractivity contribution >= 4 is 28.5 Å². The zero-order chi connectivity index (χ0) is 13.7. The summed E-state index contributed by atoms with van der Waals surface area (Å²) < 4.78 is 9.11. The lowest BCUT2D eigenvalue weighted by Crippen LogP contribution is -2.28. The molecule has 1 rings (SSSR count). The van der Waals surface area contributed by atoms with Crippen molar-refractivity contribution in [2.45, 2.75) is 0 Å². The number of urea groups is 1. The molecule has 0 spiro atoms. The maximum absolute atomic E-state index is 11.5. The van der Waals surface area contributed by atoms with Crippen LogP contribution in [0.15, 0.2) is 12.7 Å². The quantitative estimate of drug-likeness (QED) is 0.777. The number of amides is 3. The molecule has 0 aliphatic heterocycles. The van der Waals surface area contributed by atoms with Crippen LogP contribution in [0.4, 0.5) is 9.80 Å². The minimum absolute atomic E-state index is 0.0667. The molecule has 0 unspecified atom stereocenters. The van der Waals surface area contributed by atoms with Crippen molar-refractivity contribution in [1.82, 2.24) is 9.27 Å². The van der Waals surface area contributed by atoms with E-state index in [2.05, 4.69) is 16.3 Å². The Kier molecular flexibility index (Phi) is 4.67. The number of carbonyl (C=O) groups excluding carboxylic acids is 2. The van der Waals surface area contributed by atoms with Crippen molar-refractivity contribution in [1.29, 1.82) is 0 Å². The van der Waals surface area contributed by atoms with Gasteiger partial charge in [0, 0.05) is 14.1 Å². The van der Waals surface area contributed by atoms with E-state index in [-0.39, 0.29) is 29.1 Å². The highest BCUT2D eigenvalue weighted by molar-refractivity contribution is 7.11. The molecule has 3 amide bonds. The summed E-state index contributed by atoms with van der Waals surface area (Å²) in [6.45, 7) is 3.69. The molecule has 0 saturated carbocycles. The third-order valence-electron chi connectivity index (χ3n) is 1.87. The maximum Gasteiger partial charge on any atom is 0.321 e. The average molecular weight is 270 g/mol. The standard InChI is InChI=1S/C10H14N4O3S/c1-4-5-17-8-6(7(11)15)9(18-13-8)12-10(16)14(2)3/h4H,1,5H2,2-3H3,(H2,11,15)(H,12,16). The lowest BCUT2D eigenvalue weighted by molar-refractivity contribution is 0.0997. The van der Waals surface area contributed by atoms with Gasteiger partial charge in [-0.05, 0) is 11.5 Å². The van der Waals surface area contributed by atoms with Crippen molar-refractivity contribution in [3.05, 3.63) is 18.2 Å². The molecule has 98 valence electrons. The lowest BCUT2D eigenvalue weighted by atomic mass is 10.3. The molecule has 0 aromatic carbocycles. The fourth-order valence-corrected chi connectivity index (χ4v) is 1.75. The van der Waals surface area contributed by atoms with Gasteiger partial charge in [-0.2, -0.15) is 4.37 Å². The Balaban J connectivity index is 2.98. The van der Waals surface area contributed by atoms with Crippen LogP contribution in [0.3, 0.4) is 0 Å². The second kappa shape index (κ2) is 6.01. The number of nitrogens with zero attached hydrogens (tertiary/aromatic N) is 2. The van der Waals surface area contributed by atoms with Crippen LogP contribution in [0.1, 0.15) is 10.4 Å². The molecular formula is C10H14N4O3S. The van der Waals surface area contributed by atoms with Crippen LogP contribution in [-0.4, -0.2) is 41.9 Å². The van der Waals surface area contributed by atoms with Crippen LogP contribution >= 0.6 is 11.5 Å². The van der Waals surface area contributed by atoms with Gasteiger partial charge in [0.1, 0.15) is 17.2 Å². The van der Waals surface area contributed by atoms with E-state index in [0.29, 0.717) is 0 Å². The first-order valence-corrected chi connectivity index (χ1v) is 5.76. The SMILES string of the molecule is C=CCOc1nsc(NC(=O)N(C)C)c1C(N)=O. The largest absolute Gasteiger partial charge is 0.472 e. The molecule has 0 saturated heterocycles. The highest BCUT2D eigenvalue weighted by Crippen LogP contribution is 2.30. The number of carbonyl (C=O) groups is 2. The highest BCUT2D eigenvalue weighted by atomic mass is 32.1. The second-order valence-corrected chi connectivity index (χ2v) is 4.25. The first-order valence-electron chi connectivity index (χ1n) is 4.98. The summed E-state index contributed by atoms with van der Waals surface area (Å²) in [5.41, 5.74) is 5.31. The Hall–Kier alpha value is -2.09. The third-order valence-corrected chi connectivity index (χ3v) is 2.62. The number of aromatic nitrogens is 1. The molecule has 7 nitrogen and oxygen atoms in total. The zero-order valence-corrected chi connectivity index (χ0v) is 10.9. The van der Waals surface area contributed by atoms with Gasteiger partial charge < -0.3 is 15.4 Å². The van der Waals surface area contributed by atoms with Gasteiger partial charge in [0.15, 0.2) is 0 Å². The van der Waals surface area contributed by atoms with E-state index in [1.807, 2.05) is 0 Å². The number of primary amides is 1. The molecule has 1 heterocycles. The van der Waals surface area contributed by atoms with E-state index >= 15 is 0 Å². The first-order chi connectivity index (χ1) is 8.47. The van der Waals surface area contributed by atoms with Gasteiger partial charge in [0.05, 0.1) is 0 Å². The fourth-order valence-electron chi connectivity index (χ4n) is 1.02. The van der Waals surface area contributed by atoms with Gasteiger partial charge in [0.25, 0.3) is 5.91 Å². The summed E-state index contributed by atoms with van der Waals surface area (Å²) >= 11 is 0.932. The van der Waals surface area contributed by atoms with Crippen molar-refractivity contribution in [3.63, 3.8) is 0 Å². The van der Waals surface area contributed by atoms with Crippen molar-refractivity contribution in [2.75, 3.05) is 26.0 Å². The van der Waals surface area contributed by atoms with E-state index in [0.717, 1.165) is 11.5 Å². The molecule has 8 heteroatoms. The van der Waals surface area contributed by atoms with Crippen LogP contribution in [0, 0.1) is 0 Å². The number of rotatable bonds is 5. The Morgan fingerprint density at radius 2 is 2.28 bits per heavy atom. The van der Waals surface area contributed by atoms with Crippen molar-refractivity contribution in [2.24, 2.45) is 5.73 Å². The van der Waals surface area contributed by atoms with E-state index in [4.69, 9.17) is 10.5 Å². The number of anilines is 1. The Labute approximate surface area is 108 Å². The van der Waals surface area contributed by atoms with Gasteiger partial charge in [0.2, 0.25) is 5.88 Å². The number of nitrogens with two attached hydrogens (primary N) is 1. The minimum Gasteiger partial charge on any atom is -0.472 e. The summed E-state index contributed by atoms with van der Waals surface area (Å²) in [6.07, 6.45) is 1.52. The summed E-state index contributed by atoms with van der Waals surface area (Å²) in [4.78, 5) is 24.2. The van der Waals surface area contributed by atoms with Gasteiger partial charge in [-0.3, -0.25) is 10.1 Å². The smallest absolute Gasteiger partial charge is 0.321 e. The third kappa shape index (κ3) is 3.20. The number of ether oxygens (including phenoxy) is 1. The number of nitrogens with one attached hydrogen (secondary N) is 1. The topological polar surface area (TPSA) is 97.6 Å². The normalized spacial score (nSPS) is 9.67. The van der Waals surface area contributed by atoms with Gasteiger partial charge >= 0.3 is 6.03 Å². The molecular weight excluding hydrogens is 256 g/mol. The molecule has 3 N–H and O–H groups in total. The van der Waals surface area contributed by atoms with Crippen molar-refractivity contribution in [3.8, 4) is 5.88 Å². The number of hydrogen-bond donors (Lipinski definition) is 2. The Morgan fingerprint density at radius 3 is 2.78 bits per heavy atom. The van der Waals surface area contributed by atoms with Gasteiger partial charge in [-0.25, -0.2) is 4.79 Å².